The average Bonchev–Trinajstić information content (AvgIpc) is 2.02. The highest BCUT2D eigenvalue weighted by Crippen LogP contribution is 2.05. The predicted octanol–water partition coefficient (Wildman–Crippen LogP) is 2.03. The summed E-state index contributed by atoms with van der Waals surface area (Å²) in [6, 6.07) is 0. The van der Waals surface area contributed by atoms with Gasteiger partial charge in [-0.15, -0.1) is 0 Å². The molecule has 0 unspecified atom stereocenters. The number of hydrogen-bond acceptors (Lipinski definition) is 1. The fourth-order valence-electron chi connectivity index (χ4n) is 1.04. The zero-order chi connectivity index (χ0) is 7.23. The van der Waals surface area contributed by atoms with E-state index in [2.05, 4.69) is 18.2 Å². The zero-order valence-electron chi connectivity index (χ0n) is 6.16. The number of allylic oxidation sites excluding steroid dienone is 2. The van der Waals surface area contributed by atoms with Crippen molar-refractivity contribution in [1.29, 1.82) is 0 Å². The maximum absolute atomic E-state index is 9.20. The third kappa shape index (κ3) is 2.83. The smallest absolute Gasteiger partial charge is 0.0755 e. The van der Waals surface area contributed by atoms with Crippen molar-refractivity contribution in [2.45, 2.75) is 31.8 Å². The molecular formula is C9H14O. The first kappa shape index (κ1) is 7.55. The average molecular weight is 138 g/mol. The molecule has 1 N–H and O–H groups in total. The minimum absolute atomic E-state index is 0.255. The van der Waals surface area contributed by atoms with E-state index in [1.807, 2.05) is 6.08 Å². The van der Waals surface area contributed by atoms with Crippen molar-refractivity contribution in [2.24, 2.45) is 0 Å². The molecule has 0 radical (unpaired) electrons. The van der Waals surface area contributed by atoms with Crippen LogP contribution < -0.4 is 0 Å². The molecule has 1 atom stereocenters. The van der Waals surface area contributed by atoms with Crippen LogP contribution in [-0.2, 0) is 0 Å². The Bertz CT molecular complexity index is 136. The minimum Gasteiger partial charge on any atom is -0.389 e. The fourth-order valence-corrected chi connectivity index (χ4v) is 1.04. The van der Waals surface area contributed by atoms with Crippen molar-refractivity contribution in [2.75, 3.05) is 0 Å². The zero-order valence-corrected chi connectivity index (χ0v) is 6.16. The number of hydrogen-bond donors (Lipinski definition) is 1. The van der Waals surface area contributed by atoms with E-state index in [1.165, 1.54) is 6.42 Å². The second-order valence-corrected chi connectivity index (χ2v) is 2.63. The Morgan fingerprint density at radius 3 is 2.80 bits per heavy atom. The van der Waals surface area contributed by atoms with E-state index >= 15 is 0 Å². The molecule has 0 bridgehead atoms. The number of aliphatic hydroxyl groups is 1. The lowest BCUT2D eigenvalue weighted by Gasteiger charge is -1.97. The summed E-state index contributed by atoms with van der Waals surface area (Å²) in [5, 5.41) is 9.20. The van der Waals surface area contributed by atoms with E-state index in [1.54, 1.807) is 0 Å². The quantitative estimate of drug-likeness (QED) is 0.508. The maximum Gasteiger partial charge on any atom is 0.0755 e. The molecule has 0 heterocycles. The molecule has 0 fully saturated rings. The van der Waals surface area contributed by atoms with Crippen LogP contribution in [0.25, 0.3) is 0 Å². The van der Waals surface area contributed by atoms with Crippen LogP contribution in [0, 0.1) is 0 Å². The lowest BCUT2D eigenvalue weighted by atomic mass is 10.2. The van der Waals surface area contributed by atoms with Gasteiger partial charge in [-0.1, -0.05) is 24.3 Å². The summed E-state index contributed by atoms with van der Waals surface area (Å²) in [7, 11) is 0. The number of aliphatic hydroxyl groups excluding tert-OH is 1. The highest BCUT2D eigenvalue weighted by Gasteiger charge is 1.95. The fraction of sp³-hybridized carbons (Fsp3) is 0.556. The molecule has 0 aromatic heterocycles. The Balaban J connectivity index is 2.41. The first-order valence-corrected chi connectivity index (χ1v) is 3.89. The van der Waals surface area contributed by atoms with Gasteiger partial charge < -0.3 is 5.11 Å². The monoisotopic (exact) mass is 138 g/mol. The Morgan fingerprint density at radius 2 is 1.90 bits per heavy atom. The molecule has 0 amide bonds. The van der Waals surface area contributed by atoms with Crippen molar-refractivity contribution in [3.63, 3.8) is 0 Å². The van der Waals surface area contributed by atoms with Crippen LogP contribution in [0.4, 0.5) is 0 Å². The van der Waals surface area contributed by atoms with Crippen LogP contribution in [0.15, 0.2) is 24.3 Å². The van der Waals surface area contributed by atoms with E-state index < -0.39 is 0 Å². The van der Waals surface area contributed by atoms with Crippen LogP contribution in [-0.4, -0.2) is 11.2 Å². The van der Waals surface area contributed by atoms with Gasteiger partial charge in [0.05, 0.1) is 6.10 Å². The van der Waals surface area contributed by atoms with Gasteiger partial charge >= 0.3 is 0 Å². The molecule has 0 aromatic carbocycles. The molecule has 1 heteroatoms. The SMILES string of the molecule is O[C@H]1/C=C\CCC/C=C\C1. The Kier molecular flexibility index (Phi) is 3.23. The molecule has 0 aromatic rings. The second kappa shape index (κ2) is 4.29. The summed E-state index contributed by atoms with van der Waals surface area (Å²) in [5.41, 5.74) is 0. The summed E-state index contributed by atoms with van der Waals surface area (Å²) >= 11 is 0. The van der Waals surface area contributed by atoms with Gasteiger partial charge in [-0.25, -0.2) is 0 Å². The third-order valence-corrected chi connectivity index (χ3v) is 1.64. The minimum atomic E-state index is -0.255. The third-order valence-electron chi connectivity index (χ3n) is 1.64. The van der Waals surface area contributed by atoms with Gasteiger partial charge in [0.15, 0.2) is 0 Å². The molecule has 0 spiro atoms. The Morgan fingerprint density at radius 1 is 1.10 bits per heavy atom. The van der Waals surface area contributed by atoms with Crippen LogP contribution in [0.1, 0.15) is 25.7 Å². The largest absolute Gasteiger partial charge is 0.389 e. The topological polar surface area (TPSA) is 20.2 Å². The van der Waals surface area contributed by atoms with Crippen molar-refractivity contribution < 1.29 is 5.11 Å². The number of rotatable bonds is 0. The molecule has 1 aliphatic rings. The van der Waals surface area contributed by atoms with Gasteiger partial charge in [-0.3, -0.25) is 0 Å². The Hall–Kier alpha value is -0.560. The lowest BCUT2D eigenvalue weighted by Crippen LogP contribution is -1.98. The van der Waals surface area contributed by atoms with Gasteiger partial charge in [0, 0.05) is 0 Å². The molecule has 1 aliphatic carbocycles. The van der Waals surface area contributed by atoms with Gasteiger partial charge in [0.1, 0.15) is 0 Å². The van der Waals surface area contributed by atoms with E-state index in [0.717, 1.165) is 19.3 Å². The molecule has 0 saturated heterocycles. The lowest BCUT2D eigenvalue weighted by molar-refractivity contribution is 0.226. The Labute approximate surface area is 62.1 Å². The second-order valence-electron chi connectivity index (χ2n) is 2.63. The molecule has 10 heavy (non-hydrogen) atoms. The molecular weight excluding hydrogens is 124 g/mol. The summed E-state index contributed by atoms with van der Waals surface area (Å²) in [4.78, 5) is 0. The van der Waals surface area contributed by atoms with Gasteiger partial charge in [-0.2, -0.15) is 0 Å². The molecule has 1 nitrogen and oxygen atoms in total. The van der Waals surface area contributed by atoms with Crippen LogP contribution in [0.5, 0.6) is 0 Å². The molecule has 0 saturated carbocycles. The first-order valence-electron chi connectivity index (χ1n) is 3.89. The van der Waals surface area contributed by atoms with Crippen LogP contribution in [0.2, 0.25) is 0 Å². The summed E-state index contributed by atoms with van der Waals surface area (Å²) in [5.74, 6) is 0. The van der Waals surface area contributed by atoms with E-state index in [-0.39, 0.29) is 6.10 Å². The summed E-state index contributed by atoms with van der Waals surface area (Å²) in [6.07, 6.45) is 12.1. The van der Waals surface area contributed by atoms with Crippen molar-refractivity contribution in [3.8, 4) is 0 Å². The molecule has 1 rings (SSSR count). The maximum atomic E-state index is 9.20. The highest BCUT2D eigenvalue weighted by atomic mass is 16.3. The normalized spacial score (nSPS) is 33.5. The van der Waals surface area contributed by atoms with Crippen molar-refractivity contribution in [3.05, 3.63) is 24.3 Å². The van der Waals surface area contributed by atoms with E-state index in [0.29, 0.717) is 0 Å². The van der Waals surface area contributed by atoms with Crippen LogP contribution >= 0.6 is 0 Å². The first-order chi connectivity index (χ1) is 4.89. The molecule has 0 aliphatic heterocycles. The molecule has 56 valence electrons. The van der Waals surface area contributed by atoms with Crippen molar-refractivity contribution in [1.82, 2.24) is 0 Å². The van der Waals surface area contributed by atoms with E-state index in [4.69, 9.17) is 0 Å². The van der Waals surface area contributed by atoms with Crippen molar-refractivity contribution >= 4 is 0 Å². The highest BCUT2D eigenvalue weighted by molar-refractivity contribution is 4.96. The summed E-state index contributed by atoms with van der Waals surface area (Å²) in [6.45, 7) is 0. The van der Waals surface area contributed by atoms with Gasteiger partial charge in [-0.05, 0) is 25.7 Å². The predicted molar refractivity (Wildman–Crippen MR) is 42.8 cm³/mol. The summed E-state index contributed by atoms with van der Waals surface area (Å²) < 4.78 is 0. The van der Waals surface area contributed by atoms with Gasteiger partial charge in [0.2, 0.25) is 0 Å². The van der Waals surface area contributed by atoms with E-state index in [9.17, 15) is 5.11 Å². The van der Waals surface area contributed by atoms with Gasteiger partial charge in [0.25, 0.3) is 0 Å². The standard InChI is InChI=1S/C9H14O/c10-9-7-5-3-1-2-4-6-8-9/h3,5-6,8-10H,1-2,4,7H2/b5-3-,8-6-/t9-/m1/s1. The van der Waals surface area contributed by atoms with Crippen LogP contribution in [0.3, 0.4) is 0 Å².